The summed E-state index contributed by atoms with van der Waals surface area (Å²) in [6, 6.07) is 1.09. The summed E-state index contributed by atoms with van der Waals surface area (Å²) in [5.41, 5.74) is -1.39. The van der Waals surface area contributed by atoms with Crippen molar-refractivity contribution in [3.8, 4) is 0 Å². The number of aromatic nitrogens is 2. The maximum absolute atomic E-state index is 12.7. The maximum atomic E-state index is 12.7. The molecule has 0 amide bonds. The van der Waals surface area contributed by atoms with E-state index in [1.807, 2.05) is 0 Å². The van der Waals surface area contributed by atoms with Crippen LogP contribution >= 0.6 is 23.5 Å². The highest BCUT2D eigenvalue weighted by Crippen LogP contribution is 2.71. The fourth-order valence-corrected chi connectivity index (χ4v) is 6.71. The number of aromatic amines is 1. The van der Waals surface area contributed by atoms with Gasteiger partial charge in [0, 0.05) is 52.0 Å². The van der Waals surface area contributed by atoms with Gasteiger partial charge in [0.25, 0.3) is 5.56 Å². The summed E-state index contributed by atoms with van der Waals surface area (Å²) in [6.07, 6.45) is 0.417. The maximum Gasteiger partial charge on any atom is 0.492 e. The normalized spacial score (nSPS) is 26.0. The molecule has 2 heterocycles. The third-order valence-electron chi connectivity index (χ3n) is 4.20. The molecule has 1 aliphatic rings. The molecule has 0 radical (unpaired) electrons. The van der Waals surface area contributed by atoms with Crippen LogP contribution < -0.4 is 11.2 Å². The first-order valence-electron chi connectivity index (χ1n) is 8.85. The molecule has 6 atom stereocenters. The largest absolute Gasteiger partial charge is 0.492 e. The van der Waals surface area contributed by atoms with Gasteiger partial charge in [-0.25, -0.2) is 23.3 Å². The number of nitrogens with one attached hydrogen (secondary N) is 1. The minimum atomic E-state index is -4.98. The second kappa shape index (κ2) is 11.3. The van der Waals surface area contributed by atoms with Crippen LogP contribution in [-0.2, 0) is 49.9 Å². The van der Waals surface area contributed by atoms with Crippen LogP contribution in [-0.4, -0.2) is 54.4 Å². The van der Waals surface area contributed by atoms with Crippen molar-refractivity contribution >= 4 is 29.4 Å². The molecule has 16 nitrogen and oxygen atoms in total. The van der Waals surface area contributed by atoms with Crippen LogP contribution in [0, 0.1) is 5.92 Å². The van der Waals surface area contributed by atoms with Gasteiger partial charge in [-0.1, -0.05) is 0 Å². The van der Waals surface area contributed by atoms with Crippen molar-refractivity contribution < 1.29 is 54.8 Å². The van der Waals surface area contributed by atoms with E-state index < -0.39 is 59.6 Å². The Hall–Kier alpha value is -1.50. The Labute approximate surface area is 186 Å². The van der Waals surface area contributed by atoms with Crippen molar-refractivity contribution in [2.75, 3.05) is 27.9 Å². The average molecular weight is 534 g/mol. The Balaban J connectivity index is 2.17. The van der Waals surface area contributed by atoms with E-state index >= 15 is 0 Å². The van der Waals surface area contributed by atoms with Gasteiger partial charge in [0.15, 0.2) is 0 Å². The Kier molecular flexibility index (Phi) is 9.49. The molecule has 0 spiro atoms. The van der Waals surface area contributed by atoms with Crippen molar-refractivity contribution in [2.24, 2.45) is 5.92 Å². The van der Waals surface area contributed by atoms with Gasteiger partial charge in [0.2, 0.25) is 0 Å². The average Bonchev–Trinajstić information content (AvgIpc) is 3.14. The predicted octanol–water partition coefficient (Wildman–Crippen LogP) is 1.13. The second-order valence-electron chi connectivity index (χ2n) is 6.20. The predicted molar refractivity (Wildman–Crippen MR) is 108 cm³/mol. The summed E-state index contributed by atoms with van der Waals surface area (Å²) in [6.45, 7) is -0.590. The summed E-state index contributed by atoms with van der Waals surface area (Å²) in [5, 5.41) is 0. The molecule has 2 N–H and O–H groups in total. The van der Waals surface area contributed by atoms with Crippen LogP contribution in [0.3, 0.4) is 0 Å². The number of nitrogens with zero attached hydrogens (tertiary/aromatic N) is 1. The lowest BCUT2D eigenvalue weighted by molar-refractivity contribution is -0.0298. The summed E-state index contributed by atoms with van der Waals surface area (Å²) in [5.74, 6) is 0.895. The van der Waals surface area contributed by atoms with E-state index in [0.29, 0.717) is 0 Å². The molecule has 1 aromatic rings. The third-order valence-corrected chi connectivity index (χ3v) is 9.25. The van der Waals surface area contributed by atoms with Crippen molar-refractivity contribution in [2.45, 2.75) is 18.8 Å². The molecule has 6 unspecified atom stereocenters. The Morgan fingerprint density at radius 1 is 1.18 bits per heavy atom. The first-order chi connectivity index (χ1) is 15.4. The summed E-state index contributed by atoms with van der Waals surface area (Å²) in [7, 11) is -12.2. The molecule has 1 saturated heterocycles. The van der Waals surface area contributed by atoms with Crippen molar-refractivity contribution in [1.82, 2.24) is 9.55 Å². The SMILES string of the molecule is COP(=O)(O)OP(=O)(OC)OP(=O)(OC)OCC1OC(n2ccc(=O)[nH]c2=O)CC1C=C=O. The molecule has 0 saturated carbocycles. The van der Waals surface area contributed by atoms with Crippen LogP contribution in [0.25, 0.3) is 0 Å². The number of hydrogen-bond acceptors (Lipinski definition) is 13. The second-order valence-corrected chi connectivity index (χ2v) is 11.6. The van der Waals surface area contributed by atoms with E-state index in [-0.39, 0.29) is 6.42 Å². The molecule has 1 fully saturated rings. The molecular weight excluding hydrogens is 513 g/mol. The minimum Gasteiger partial charge on any atom is -0.352 e. The first kappa shape index (κ1) is 27.7. The van der Waals surface area contributed by atoms with Gasteiger partial charge in [0.05, 0.1) is 12.7 Å². The van der Waals surface area contributed by atoms with Crippen LogP contribution in [0.2, 0.25) is 0 Å². The number of hydrogen-bond donors (Lipinski definition) is 2. The molecule has 33 heavy (non-hydrogen) atoms. The lowest BCUT2D eigenvalue weighted by Crippen LogP contribution is -2.31. The van der Waals surface area contributed by atoms with Gasteiger partial charge in [0.1, 0.15) is 12.2 Å². The van der Waals surface area contributed by atoms with Crippen LogP contribution in [0.5, 0.6) is 0 Å². The Bertz CT molecular complexity index is 1140. The lowest BCUT2D eigenvalue weighted by Gasteiger charge is -2.23. The number of phosphoric ester groups is 2. The van der Waals surface area contributed by atoms with Crippen molar-refractivity contribution in [3.63, 3.8) is 0 Å². The van der Waals surface area contributed by atoms with E-state index in [9.17, 15) is 33.0 Å². The van der Waals surface area contributed by atoms with Gasteiger partial charge < -0.3 is 9.63 Å². The summed E-state index contributed by atoms with van der Waals surface area (Å²) < 4.78 is 70.5. The first-order valence-corrected chi connectivity index (χ1v) is 13.3. The Morgan fingerprint density at radius 3 is 2.39 bits per heavy atom. The van der Waals surface area contributed by atoms with Crippen LogP contribution in [0.1, 0.15) is 12.6 Å². The monoisotopic (exact) mass is 534 g/mol. The molecule has 1 aromatic heterocycles. The molecule has 19 heteroatoms. The number of carbonyl (C=O) groups excluding carboxylic acids is 1. The molecular formula is C14H21N2O14P3. The fraction of sp³-hybridized carbons (Fsp3) is 0.571. The standard InChI is InChI=1S/C14H21N2O14P3/c1-24-31(20,21)29-33(23,26-3)30-32(22,25-2)27-9-11-10(5-7-17)8-13(28-11)16-6-4-12(18)15-14(16)19/h4-6,10-11,13H,8-9H2,1-3H3,(H,20,21)(H,15,18,19). The van der Waals surface area contributed by atoms with Crippen molar-refractivity contribution in [1.29, 1.82) is 0 Å². The Morgan fingerprint density at radius 2 is 1.85 bits per heavy atom. The molecule has 1 aliphatic heterocycles. The van der Waals surface area contributed by atoms with E-state index in [0.717, 1.165) is 38.0 Å². The van der Waals surface area contributed by atoms with E-state index in [1.165, 1.54) is 6.20 Å². The van der Waals surface area contributed by atoms with Crippen LogP contribution in [0.4, 0.5) is 0 Å². The van der Waals surface area contributed by atoms with Gasteiger partial charge in [-0.15, -0.1) is 0 Å². The summed E-state index contributed by atoms with van der Waals surface area (Å²) >= 11 is 0. The smallest absolute Gasteiger partial charge is 0.352 e. The zero-order chi connectivity index (χ0) is 24.9. The minimum absolute atomic E-state index is 0.0779. The molecule has 186 valence electrons. The molecule has 0 bridgehead atoms. The quantitative estimate of drug-likeness (QED) is 0.285. The zero-order valence-electron chi connectivity index (χ0n) is 17.4. The topological polar surface area (TPSA) is 208 Å². The highest BCUT2D eigenvalue weighted by molar-refractivity contribution is 7.67. The fourth-order valence-electron chi connectivity index (χ4n) is 2.64. The number of H-pyrrole nitrogens is 1. The van der Waals surface area contributed by atoms with E-state index in [4.69, 9.17) is 9.26 Å². The number of phosphoric acid groups is 3. The van der Waals surface area contributed by atoms with E-state index in [2.05, 4.69) is 27.2 Å². The van der Waals surface area contributed by atoms with Gasteiger partial charge >= 0.3 is 29.2 Å². The van der Waals surface area contributed by atoms with Crippen molar-refractivity contribution in [3.05, 3.63) is 39.2 Å². The summed E-state index contributed by atoms with van der Waals surface area (Å²) in [4.78, 5) is 45.5. The van der Waals surface area contributed by atoms with Gasteiger partial charge in [-0.3, -0.25) is 32.4 Å². The highest BCUT2D eigenvalue weighted by atomic mass is 31.3. The zero-order valence-corrected chi connectivity index (χ0v) is 20.1. The van der Waals surface area contributed by atoms with Crippen LogP contribution in [0.15, 0.2) is 27.9 Å². The third kappa shape index (κ3) is 7.49. The van der Waals surface area contributed by atoms with Gasteiger partial charge in [-0.05, 0) is 0 Å². The molecule has 2 rings (SSSR count). The molecule has 0 aliphatic carbocycles. The lowest BCUT2D eigenvalue weighted by atomic mass is 10.0. The number of rotatable bonds is 12. The molecule has 0 aromatic carbocycles. The van der Waals surface area contributed by atoms with Gasteiger partial charge in [-0.2, -0.15) is 8.62 Å². The highest BCUT2D eigenvalue weighted by Gasteiger charge is 2.46. The van der Waals surface area contributed by atoms with E-state index in [1.54, 1.807) is 5.94 Å². The number of ether oxygens (including phenoxy) is 1.